The molecule has 2 N–H and O–H groups in total. The van der Waals surface area contributed by atoms with Crippen molar-refractivity contribution < 1.29 is 9.15 Å². The lowest BCUT2D eigenvalue weighted by Crippen LogP contribution is -2.34. The number of benzene rings is 2. The molecule has 0 bridgehead atoms. The van der Waals surface area contributed by atoms with Crippen LogP contribution in [0.25, 0.3) is 10.8 Å². The topological polar surface area (TPSA) is 67.2 Å². The molecule has 6 nitrogen and oxygen atoms in total. The fourth-order valence-corrected chi connectivity index (χ4v) is 4.28. The number of anilines is 2. The highest BCUT2D eigenvalue weighted by Crippen LogP contribution is 2.39. The van der Waals surface area contributed by atoms with E-state index in [1.807, 2.05) is 35.2 Å². The first-order valence-electron chi connectivity index (χ1n) is 10.5. The van der Waals surface area contributed by atoms with Crippen LogP contribution in [0.1, 0.15) is 25.3 Å². The standard InChI is InChI=1S/C24H30N4O2/c1-17(27-12-6-7-13-27)14-18-10-11-22(29-3)21(15-18)28(24(25)26-2)23-20-9-5-4-8-19(20)16-30-23/h4-5,8-11,15-17H,6-7,12-14H2,1-3H3,(H2,25,26). The molecular weight excluding hydrogens is 376 g/mol. The van der Waals surface area contributed by atoms with Crippen molar-refractivity contribution in [3.8, 4) is 5.75 Å². The smallest absolute Gasteiger partial charge is 0.214 e. The van der Waals surface area contributed by atoms with Crippen molar-refractivity contribution in [1.29, 1.82) is 0 Å². The second kappa shape index (κ2) is 8.79. The number of hydrogen-bond acceptors (Lipinski definition) is 4. The Morgan fingerprint density at radius 1 is 1.23 bits per heavy atom. The number of fused-ring (bicyclic) bond motifs is 1. The van der Waals surface area contributed by atoms with Crippen molar-refractivity contribution >= 4 is 28.3 Å². The molecule has 30 heavy (non-hydrogen) atoms. The van der Waals surface area contributed by atoms with Crippen LogP contribution in [0.3, 0.4) is 0 Å². The molecule has 4 rings (SSSR count). The molecule has 1 unspecified atom stereocenters. The number of nitrogens with two attached hydrogens (primary N) is 1. The molecule has 1 atom stereocenters. The van der Waals surface area contributed by atoms with E-state index in [0.717, 1.165) is 28.6 Å². The van der Waals surface area contributed by atoms with Crippen LogP contribution in [0.2, 0.25) is 0 Å². The summed E-state index contributed by atoms with van der Waals surface area (Å²) < 4.78 is 11.6. The minimum absolute atomic E-state index is 0.346. The maximum atomic E-state index is 6.36. The highest BCUT2D eigenvalue weighted by atomic mass is 16.5. The summed E-state index contributed by atoms with van der Waals surface area (Å²) in [6, 6.07) is 14.8. The van der Waals surface area contributed by atoms with E-state index < -0.39 is 0 Å². The third kappa shape index (κ3) is 3.87. The molecule has 158 valence electrons. The average molecular weight is 407 g/mol. The summed E-state index contributed by atoms with van der Waals surface area (Å²) in [7, 11) is 3.35. The first-order valence-corrected chi connectivity index (χ1v) is 10.5. The van der Waals surface area contributed by atoms with Crippen LogP contribution < -0.4 is 15.4 Å². The highest BCUT2D eigenvalue weighted by Gasteiger charge is 2.24. The zero-order chi connectivity index (χ0) is 21.1. The fraction of sp³-hybridized carbons (Fsp3) is 0.375. The van der Waals surface area contributed by atoms with Gasteiger partial charge >= 0.3 is 0 Å². The van der Waals surface area contributed by atoms with E-state index in [0.29, 0.717) is 17.9 Å². The molecule has 0 amide bonds. The summed E-state index contributed by atoms with van der Waals surface area (Å²) in [6.45, 7) is 4.67. The number of nitrogens with zero attached hydrogens (tertiary/aromatic N) is 3. The van der Waals surface area contributed by atoms with Crippen molar-refractivity contribution in [3.05, 3.63) is 54.3 Å². The first kappa shape index (κ1) is 20.3. The van der Waals surface area contributed by atoms with E-state index in [-0.39, 0.29) is 0 Å². The summed E-state index contributed by atoms with van der Waals surface area (Å²) in [5, 5.41) is 1.99. The molecule has 3 aromatic rings. The molecular formula is C24H30N4O2. The number of hydrogen-bond donors (Lipinski definition) is 1. The van der Waals surface area contributed by atoms with E-state index in [1.54, 1.807) is 20.4 Å². The van der Waals surface area contributed by atoms with Gasteiger partial charge in [-0.2, -0.15) is 0 Å². The van der Waals surface area contributed by atoms with Gasteiger partial charge < -0.3 is 19.8 Å². The SMILES string of the molecule is CN=C(N)N(c1cc(CC(C)N2CCCC2)ccc1OC)c1occ2ccccc12. The van der Waals surface area contributed by atoms with Crippen LogP contribution in [0.4, 0.5) is 11.6 Å². The zero-order valence-electron chi connectivity index (χ0n) is 18.0. The van der Waals surface area contributed by atoms with Gasteiger partial charge in [0.05, 0.1) is 12.8 Å². The lowest BCUT2D eigenvalue weighted by molar-refractivity contribution is 0.257. The molecule has 1 fully saturated rings. The van der Waals surface area contributed by atoms with Gasteiger partial charge in [-0.15, -0.1) is 0 Å². The zero-order valence-corrected chi connectivity index (χ0v) is 18.0. The first-order chi connectivity index (χ1) is 14.6. The molecule has 0 radical (unpaired) electrons. The van der Waals surface area contributed by atoms with Crippen molar-refractivity contribution in [2.75, 3.05) is 32.1 Å². The highest BCUT2D eigenvalue weighted by molar-refractivity contribution is 6.08. The van der Waals surface area contributed by atoms with E-state index in [1.165, 1.54) is 31.5 Å². The summed E-state index contributed by atoms with van der Waals surface area (Å²) in [4.78, 5) is 8.65. The van der Waals surface area contributed by atoms with E-state index in [9.17, 15) is 0 Å². The number of methoxy groups -OCH3 is 1. The van der Waals surface area contributed by atoms with Gasteiger partial charge in [-0.05, 0) is 63.0 Å². The van der Waals surface area contributed by atoms with Crippen molar-refractivity contribution in [2.24, 2.45) is 10.7 Å². The third-order valence-corrected chi connectivity index (χ3v) is 5.93. The van der Waals surface area contributed by atoms with Crippen LogP contribution in [-0.4, -0.2) is 44.1 Å². The Balaban J connectivity index is 1.76. The maximum absolute atomic E-state index is 6.36. The number of ether oxygens (including phenoxy) is 1. The van der Waals surface area contributed by atoms with Gasteiger partial charge in [-0.1, -0.05) is 24.3 Å². The van der Waals surface area contributed by atoms with Gasteiger partial charge in [0.25, 0.3) is 0 Å². The van der Waals surface area contributed by atoms with Crippen LogP contribution in [0, 0.1) is 0 Å². The van der Waals surface area contributed by atoms with Crippen LogP contribution >= 0.6 is 0 Å². The molecule has 2 heterocycles. The second-order valence-electron chi connectivity index (χ2n) is 7.85. The Bertz CT molecular complexity index is 1040. The maximum Gasteiger partial charge on any atom is 0.214 e. The Morgan fingerprint density at radius 3 is 2.73 bits per heavy atom. The molecule has 1 aromatic heterocycles. The number of guanidine groups is 1. The Hall–Kier alpha value is -2.99. The molecule has 1 saturated heterocycles. The molecule has 1 aliphatic heterocycles. The number of likely N-dealkylation sites (tertiary alicyclic amines) is 1. The lowest BCUT2D eigenvalue weighted by Gasteiger charge is -2.26. The second-order valence-corrected chi connectivity index (χ2v) is 7.85. The van der Waals surface area contributed by atoms with Gasteiger partial charge in [0.15, 0.2) is 0 Å². The minimum atomic E-state index is 0.346. The molecule has 0 saturated carbocycles. The van der Waals surface area contributed by atoms with Gasteiger partial charge in [-0.3, -0.25) is 4.99 Å². The molecule has 0 spiro atoms. The Morgan fingerprint density at radius 2 is 2.00 bits per heavy atom. The number of furan rings is 1. The number of aliphatic imine (C=N–C) groups is 1. The van der Waals surface area contributed by atoms with Gasteiger partial charge in [0, 0.05) is 23.9 Å². The summed E-state index contributed by atoms with van der Waals surface area (Å²) in [6.07, 6.45) is 5.29. The van der Waals surface area contributed by atoms with Crippen LogP contribution in [-0.2, 0) is 6.42 Å². The van der Waals surface area contributed by atoms with Gasteiger partial charge in [0.1, 0.15) is 12.0 Å². The quantitative estimate of drug-likeness (QED) is 0.480. The third-order valence-electron chi connectivity index (χ3n) is 5.93. The summed E-state index contributed by atoms with van der Waals surface area (Å²) in [5.41, 5.74) is 8.42. The average Bonchev–Trinajstić information content (AvgIpc) is 3.45. The largest absolute Gasteiger partial charge is 0.495 e. The molecule has 2 aromatic carbocycles. The molecule has 6 heteroatoms. The summed E-state index contributed by atoms with van der Waals surface area (Å²) in [5.74, 6) is 1.70. The Labute approximate surface area is 177 Å². The van der Waals surface area contributed by atoms with Gasteiger partial charge in [-0.25, -0.2) is 4.90 Å². The normalized spacial score (nSPS) is 16.2. The minimum Gasteiger partial charge on any atom is -0.495 e. The van der Waals surface area contributed by atoms with Crippen molar-refractivity contribution in [3.63, 3.8) is 0 Å². The predicted octanol–water partition coefficient (Wildman–Crippen LogP) is 4.55. The number of rotatable bonds is 6. The van der Waals surface area contributed by atoms with Gasteiger partial charge in [0.2, 0.25) is 11.8 Å². The van der Waals surface area contributed by atoms with Crippen LogP contribution in [0.5, 0.6) is 5.75 Å². The predicted molar refractivity (Wildman–Crippen MR) is 123 cm³/mol. The van der Waals surface area contributed by atoms with Crippen molar-refractivity contribution in [2.45, 2.75) is 32.2 Å². The fourth-order valence-electron chi connectivity index (χ4n) is 4.28. The Kier molecular flexibility index (Phi) is 5.95. The van der Waals surface area contributed by atoms with Crippen LogP contribution in [0.15, 0.2) is 58.1 Å². The van der Waals surface area contributed by atoms with Crippen molar-refractivity contribution in [1.82, 2.24) is 4.90 Å². The summed E-state index contributed by atoms with van der Waals surface area (Å²) >= 11 is 0. The molecule has 0 aliphatic carbocycles. The van der Waals surface area contributed by atoms with E-state index in [2.05, 4.69) is 28.9 Å². The monoisotopic (exact) mass is 406 g/mol. The van der Waals surface area contributed by atoms with E-state index in [4.69, 9.17) is 14.9 Å². The van der Waals surface area contributed by atoms with E-state index >= 15 is 0 Å². The molecule has 1 aliphatic rings. The lowest BCUT2D eigenvalue weighted by atomic mass is 10.0.